The van der Waals surface area contributed by atoms with Gasteiger partial charge in [0.05, 0.1) is 5.56 Å². The van der Waals surface area contributed by atoms with Crippen molar-refractivity contribution in [1.82, 2.24) is 4.98 Å². The lowest BCUT2D eigenvalue weighted by Crippen LogP contribution is -2.08. The Morgan fingerprint density at radius 1 is 1.22 bits per heavy atom. The number of nitrogens with two attached hydrogens (primary N) is 1. The van der Waals surface area contributed by atoms with Crippen molar-refractivity contribution in [1.29, 1.82) is 0 Å². The quantitative estimate of drug-likeness (QED) is 0.830. The first-order valence-corrected chi connectivity index (χ1v) is 5.21. The predicted molar refractivity (Wildman–Crippen MR) is 63.2 cm³/mol. The number of nitrogen functional groups attached to an aromatic ring is 1. The van der Waals surface area contributed by atoms with Crippen molar-refractivity contribution >= 4 is 11.6 Å². The fourth-order valence-electron chi connectivity index (χ4n) is 1.55. The normalized spacial score (nSPS) is 10.4. The summed E-state index contributed by atoms with van der Waals surface area (Å²) >= 11 is 0. The van der Waals surface area contributed by atoms with Crippen molar-refractivity contribution in [3.8, 4) is 0 Å². The number of aromatic nitrogens is 1. The molecule has 18 heavy (non-hydrogen) atoms. The van der Waals surface area contributed by atoms with Gasteiger partial charge in [-0.25, -0.2) is 13.8 Å². The molecule has 0 aliphatic heterocycles. The molecule has 2 N–H and O–H groups in total. The SMILES string of the molecule is Cc1cnc(N)c(C(=O)c2ccc(F)c(F)c2)c1. The van der Waals surface area contributed by atoms with E-state index in [-0.39, 0.29) is 16.9 Å². The molecular formula is C13H10F2N2O. The van der Waals surface area contributed by atoms with Crippen molar-refractivity contribution in [2.24, 2.45) is 0 Å². The van der Waals surface area contributed by atoms with Crippen LogP contribution >= 0.6 is 0 Å². The van der Waals surface area contributed by atoms with Crippen molar-refractivity contribution in [3.63, 3.8) is 0 Å². The van der Waals surface area contributed by atoms with Gasteiger partial charge in [-0.1, -0.05) is 0 Å². The van der Waals surface area contributed by atoms with Gasteiger partial charge < -0.3 is 5.73 Å². The molecule has 0 amide bonds. The zero-order valence-corrected chi connectivity index (χ0v) is 9.58. The van der Waals surface area contributed by atoms with Crippen LogP contribution in [-0.2, 0) is 0 Å². The molecule has 0 unspecified atom stereocenters. The van der Waals surface area contributed by atoms with Crippen LogP contribution in [0.25, 0.3) is 0 Å². The number of carbonyl (C=O) groups excluding carboxylic acids is 1. The van der Waals surface area contributed by atoms with E-state index >= 15 is 0 Å². The molecule has 2 aromatic rings. The van der Waals surface area contributed by atoms with E-state index < -0.39 is 17.4 Å². The Morgan fingerprint density at radius 3 is 2.61 bits per heavy atom. The molecule has 0 atom stereocenters. The number of hydrogen-bond acceptors (Lipinski definition) is 3. The van der Waals surface area contributed by atoms with Crippen LogP contribution in [0.4, 0.5) is 14.6 Å². The summed E-state index contributed by atoms with van der Waals surface area (Å²) in [5.74, 6) is -2.49. The second-order valence-electron chi connectivity index (χ2n) is 3.90. The lowest BCUT2D eigenvalue weighted by atomic mass is 10.0. The highest BCUT2D eigenvalue weighted by Gasteiger charge is 2.15. The van der Waals surface area contributed by atoms with Gasteiger partial charge in [-0.05, 0) is 36.8 Å². The third-order valence-electron chi connectivity index (χ3n) is 2.48. The topological polar surface area (TPSA) is 56.0 Å². The number of pyridine rings is 1. The molecule has 1 heterocycles. The first-order chi connectivity index (χ1) is 8.49. The lowest BCUT2D eigenvalue weighted by molar-refractivity contribution is 0.103. The number of halogens is 2. The average Bonchev–Trinajstić information content (AvgIpc) is 2.35. The maximum Gasteiger partial charge on any atom is 0.196 e. The monoisotopic (exact) mass is 248 g/mol. The highest BCUT2D eigenvalue weighted by atomic mass is 19.2. The molecule has 0 saturated heterocycles. The molecule has 0 fully saturated rings. The van der Waals surface area contributed by atoms with Crippen LogP contribution in [0.3, 0.4) is 0 Å². The van der Waals surface area contributed by atoms with E-state index in [4.69, 9.17) is 5.73 Å². The summed E-state index contributed by atoms with van der Waals surface area (Å²) < 4.78 is 25.8. The van der Waals surface area contributed by atoms with Gasteiger partial charge in [-0.15, -0.1) is 0 Å². The van der Waals surface area contributed by atoms with E-state index in [9.17, 15) is 13.6 Å². The third kappa shape index (κ3) is 2.20. The fourth-order valence-corrected chi connectivity index (χ4v) is 1.55. The Hall–Kier alpha value is -2.30. The molecule has 0 saturated carbocycles. The summed E-state index contributed by atoms with van der Waals surface area (Å²) in [5, 5.41) is 0. The second-order valence-corrected chi connectivity index (χ2v) is 3.90. The molecule has 0 radical (unpaired) electrons. The Balaban J connectivity index is 2.47. The van der Waals surface area contributed by atoms with Gasteiger partial charge >= 0.3 is 0 Å². The highest BCUT2D eigenvalue weighted by molar-refractivity contribution is 6.11. The van der Waals surface area contributed by atoms with Gasteiger partial charge in [0, 0.05) is 11.8 Å². The van der Waals surface area contributed by atoms with E-state index in [2.05, 4.69) is 4.98 Å². The Kier molecular flexibility index (Phi) is 3.06. The van der Waals surface area contributed by atoms with Gasteiger partial charge in [0.25, 0.3) is 0 Å². The van der Waals surface area contributed by atoms with Crippen molar-refractivity contribution in [2.75, 3.05) is 5.73 Å². The van der Waals surface area contributed by atoms with Gasteiger partial charge in [-0.3, -0.25) is 4.79 Å². The molecule has 0 aliphatic carbocycles. The van der Waals surface area contributed by atoms with Gasteiger partial charge in [-0.2, -0.15) is 0 Å². The Bertz CT molecular complexity index is 626. The van der Waals surface area contributed by atoms with Crippen LogP contribution in [0.2, 0.25) is 0 Å². The predicted octanol–water partition coefficient (Wildman–Crippen LogP) is 2.48. The number of nitrogens with zero attached hydrogens (tertiary/aromatic N) is 1. The van der Waals surface area contributed by atoms with E-state index in [0.29, 0.717) is 0 Å². The third-order valence-corrected chi connectivity index (χ3v) is 2.48. The Labute approximate surface area is 102 Å². The fraction of sp³-hybridized carbons (Fsp3) is 0.0769. The molecule has 92 valence electrons. The molecule has 3 nitrogen and oxygen atoms in total. The summed E-state index contributed by atoms with van der Waals surface area (Å²) in [6.45, 7) is 1.76. The first kappa shape index (κ1) is 12.2. The smallest absolute Gasteiger partial charge is 0.196 e. The van der Waals surface area contributed by atoms with Crippen LogP contribution in [0, 0.1) is 18.6 Å². The van der Waals surface area contributed by atoms with Crippen LogP contribution < -0.4 is 5.73 Å². The zero-order valence-electron chi connectivity index (χ0n) is 9.58. The summed E-state index contributed by atoms with van der Waals surface area (Å²) in [5.41, 5.74) is 6.57. The van der Waals surface area contributed by atoms with Gasteiger partial charge in [0.1, 0.15) is 5.82 Å². The second kappa shape index (κ2) is 4.52. The zero-order chi connectivity index (χ0) is 13.3. The number of ketones is 1. The molecule has 5 heteroatoms. The molecule has 1 aromatic heterocycles. The van der Waals surface area contributed by atoms with Crippen LogP contribution in [-0.4, -0.2) is 10.8 Å². The number of hydrogen-bond donors (Lipinski definition) is 1. The molecule has 0 bridgehead atoms. The van der Waals surface area contributed by atoms with Gasteiger partial charge in [0.2, 0.25) is 0 Å². The van der Waals surface area contributed by atoms with Crippen LogP contribution in [0.5, 0.6) is 0 Å². The van der Waals surface area contributed by atoms with Crippen molar-refractivity contribution in [3.05, 3.63) is 58.8 Å². The summed E-state index contributed by atoms with van der Waals surface area (Å²) in [6, 6.07) is 4.52. The minimum atomic E-state index is -1.07. The number of aryl methyl sites for hydroxylation is 1. The maximum atomic E-state index is 13.1. The number of carbonyl (C=O) groups is 1. The average molecular weight is 248 g/mol. The molecule has 0 spiro atoms. The number of benzene rings is 1. The van der Waals surface area contributed by atoms with Crippen molar-refractivity contribution in [2.45, 2.75) is 6.92 Å². The van der Waals surface area contributed by atoms with Crippen LogP contribution in [0.15, 0.2) is 30.5 Å². The standard InChI is InChI=1S/C13H10F2N2O/c1-7-4-9(13(16)17-6-7)12(18)8-2-3-10(14)11(15)5-8/h2-6H,1H3,(H2,16,17). The summed E-state index contributed by atoms with van der Waals surface area (Å²) in [4.78, 5) is 15.9. The van der Waals surface area contributed by atoms with E-state index in [1.807, 2.05) is 0 Å². The van der Waals surface area contributed by atoms with Gasteiger partial charge in [0.15, 0.2) is 17.4 Å². The van der Waals surface area contributed by atoms with Crippen molar-refractivity contribution < 1.29 is 13.6 Å². The number of rotatable bonds is 2. The maximum absolute atomic E-state index is 13.1. The van der Waals surface area contributed by atoms with E-state index in [0.717, 1.165) is 17.7 Å². The Morgan fingerprint density at radius 2 is 1.94 bits per heavy atom. The summed E-state index contributed by atoms with van der Waals surface area (Å²) in [7, 11) is 0. The lowest BCUT2D eigenvalue weighted by Gasteiger charge is -2.05. The molecule has 1 aromatic carbocycles. The molecular weight excluding hydrogens is 238 g/mol. The minimum absolute atomic E-state index is 0.0352. The molecule has 2 rings (SSSR count). The summed E-state index contributed by atoms with van der Waals surface area (Å²) in [6.07, 6.45) is 1.53. The highest BCUT2D eigenvalue weighted by Crippen LogP contribution is 2.17. The van der Waals surface area contributed by atoms with Crippen LogP contribution in [0.1, 0.15) is 21.5 Å². The minimum Gasteiger partial charge on any atom is -0.383 e. The van der Waals surface area contributed by atoms with E-state index in [1.54, 1.807) is 13.0 Å². The first-order valence-electron chi connectivity index (χ1n) is 5.21. The number of anilines is 1. The molecule has 0 aliphatic rings. The van der Waals surface area contributed by atoms with E-state index in [1.165, 1.54) is 12.3 Å². The largest absolute Gasteiger partial charge is 0.383 e.